The van der Waals surface area contributed by atoms with Crippen molar-refractivity contribution in [3.8, 4) is 0 Å². The molecule has 0 bridgehead atoms. The number of carbonyl (C=O) groups excluding carboxylic acids is 1. The molecule has 1 aromatic carbocycles. The van der Waals surface area contributed by atoms with E-state index in [1.54, 1.807) is 4.90 Å². The third-order valence-electron chi connectivity index (χ3n) is 3.76. The Morgan fingerprint density at radius 2 is 2.10 bits per heavy atom. The van der Waals surface area contributed by atoms with Crippen molar-refractivity contribution >= 4 is 17.7 Å². The van der Waals surface area contributed by atoms with Crippen molar-refractivity contribution < 1.29 is 14.7 Å². The first-order valence-corrected chi connectivity index (χ1v) is 6.84. The molecule has 0 aromatic heterocycles. The summed E-state index contributed by atoms with van der Waals surface area (Å²) >= 11 is 0. The fourth-order valence-corrected chi connectivity index (χ4v) is 2.20. The number of benzene rings is 1. The van der Waals surface area contributed by atoms with Crippen LogP contribution in [-0.2, 0) is 4.79 Å². The minimum atomic E-state index is -0.823. The van der Waals surface area contributed by atoms with E-state index in [0.717, 1.165) is 11.3 Å². The van der Waals surface area contributed by atoms with Gasteiger partial charge in [0.15, 0.2) is 0 Å². The fourth-order valence-electron chi connectivity index (χ4n) is 2.20. The summed E-state index contributed by atoms with van der Waals surface area (Å²) in [4.78, 5) is 24.9. The molecule has 0 heterocycles. The van der Waals surface area contributed by atoms with Gasteiger partial charge in [-0.1, -0.05) is 12.1 Å². The highest BCUT2D eigenvalue weighted by molar-refractivity contribution is 5.92. The predicted octanol–water partition coefficient (Wildman–Crippen LogP) is 2.40. The molecule has 1 aliphatic carbocycles. The molecule has 2 amide bonds. The summed E-state index contributed by atoms with van der Waals surface area (Å²) in [5, 5.41) is 11.8. The lowest BCUT2D eigenvalue weighted by atomic mass is 10.1. The number of nitrogens with one attached hydrogen (secondary N) is 1. The quantitative estimate of drug-likeness (QED) is 0.867. The van der Waals surface area contributed by atoms with E-state index in [0.29, 0.717) is 19.4 Å². The van der Waals surface area contributed by atoms with Crippen LogP contribution in [0.15, 0.2) is 24.3 Å². The lowest BCUT2D eigenvalue weighted by Crippen LogP contribution is -2.43. The van der Waals surface area contributed by atoms with Crippen molar-refractivity contribution in [1.29, 1.82) is 0 Å². The van der Waals surface area contributed by atoms with Gasteiger partial charge in [0.25, 0.3) is 0 Å². The van der Waals surface area contributed by atoms with E-state index in [1.807, 2.05) is 38.1 Å². The van der Waals surface area contributed by atoms with Crippen LogP contribution in [0, 0.1) is 12.3 Å². The molecule has 2 rings (SSSR count). The van der Waals surface area contributed by atoms with Crippen LogP contribution < -0.4 is 10.2 Å². The zero-order valence-corrected chi connectivity index (χ0v) is 11.8. The number of carboxylic acids is 1. The number of rotatable bonds is 5. The van der Waals surface area contributed by atoms with Gasteiger partial charge in [0.1, 0.15) is 0 Å². The number of hydrogen-bond donors (Lipinski definition) is 2. The highest BCUT2D eigenvalue weighted by Crippen LogP contribution is 2.45. The van der Waals surface area contributed by atoms with Gasteiger partial charge in [0, 0.05) is 18.8 Å². The van der Waals surface area contributed by atoms with Gasteiger partial charge in [0.05, 0.1) is 5.41 Å². The molecule has 5 nitrogen and oxygen atoms in total. The van der Waals surface area contributed by atoms with Gasteiger partial charge >= 0.3 is 12.0 Å². The number of carbonyl (C=O) groups is 2. The zero-order chi connectivity index (χ0) is 14.8. The number of carboxylic acid groups (broad SMARTS) is 1. The van der Waals surface area contributed by atoms with Crippen LogP contribution in [0.5, 0.6) is 0 Å². The minimum absolute atomic E-state index is 0.198. The molecule has 0 saturated heterocycles. The van der Waals surface area contributed by atoms with E-state index in [1.165, 1.54) is 0 Å². The summed E-state index contributed by atoms with van der Waals surface area (Å²) in [6.07, 6.45) is 1.28. The Bertz CT molecular complexity index is 524. The maximum absolute atomic E-state index is 12.2. The van der Waals surface area contributed by atoms with Gasteiger partial charge in [-0.2, -0.15) is 0 Å². The molecule has 5 heteroatoms. The molecule has 0 atom stereocenters. The topological polar surface area (TPSA) is 69.6 Å². The van der Waals surface area contributed by atoms with Crippen molar-refractivity contribution in [2.75, 3.05) is 18.0 Å². The Hall–Kier alpha value is -2.04. The average Bonchev–Trinajstić information content (AvgIpc) is 3.18. The van der Waals surface area contributed by atoms with Crippen LogP contribution in [0.4, 0.5) is 10.5 Å². The number of hydrogen-bond acceptors (Lipinski definition) is 2. The standard InChI is InChI=1S/C15H20N2O3/c1-3-17(12-6-4-5-11(2)9-12)14(20)16-10-15(7-8-15)13(18)19/h4-6,9H,3,7-8,10H2,1-2H3,(H,16,20)(H,18,19). The molecule has 1 aromatic rings. The van der Waals surface area contributed by atoms with Crippen LogP contribution in [0.3, 0.4) is 0 Å². The van der Waals surface area contributed by atoms with Gasteiger partial charge in [-0.05, 0) is 44.4 Å². The Kier molecular flexibility index (Phi) is 3.97. The molecule has 0 aliphatic heterocycles. The Morgan fingerprint density at radius 3 is 2.60 bits per heavy atom. The molecule has 2 N–H and O–H groups in total. The number of aryl methyl sites for hydroxylation is 1. The van der Waals surface area contributed by atoms with Crippen molar-refractivity contribution in [2.45, 2.75) is 26.7 Å². The largest absolute Gasteiger partial charge is 0.481 e. The van der Waals surface area contributed by atoms with E-state index in [2.05, 4.69) is 5.32 Å². The lowest BCUT2D eigenvalue weighted by molar-refractivity contribution is -0.143. The van der Waals surface area contributed by atoms with Gasteiger partial charge in [-0.25, -0.2) is 4.79 Å². The molecule has 1 saturated carbocycles. The molecule has 0 radical (unpaired) electrons. The van der Waals surface area contributed by atoms with Crippen molar-refractivity contribution in [2.24, 2.45) is 5.41 Å². The number of urea groups is 1. The van der Waals surface area contributed by atoms with Gasteiger partial charge < -0.3 is 10.4 Å². The lowest BCUT2D eigenvalue weighted by Gasteiger charge is -2.23. The maximum atomic E-state index is 12.2. The van der Waals surface area contributed by atoms with Crippen LogP contribution in [0.2, 0.25) is 0 Å². The number of anilines is 1. The monoisotopic (exact) mass is 276 g/mol. The third-order valence-corrected chi connectivity index (χ3v) is 3.76. The summed E-state index contributed by atoms with van der Waals surface area (Å²) in [5.41, 5.74) is 1.17. The molecular weight excluding hydrogens is 256 g/mol. The number of amides is 2. The smallest absolute Gasteiger partial charge is 0.321 e. The van der Waals surface area contributed by atoms with E-state index in [-0.39, 0.29) is 12.6 Å². The average molecular weight is 276 g/mol. The molecule has 1 aliphatic rings. The summed E-state index contributed by atoms with van der Waals surface area (Å²) in [6.45, 7) is 4.60. The second-order valence-corrected chi connectivity index (χ2v) is 5.33. The molecule has 108 valence electrons. The van der Waals surface area contributed by atoms with Crippen LogP contribution in [-0.4, -0.2) is 30.2 Å². The van der Waals surface area contributed by atoms with Gasteiger partial charge in [0.2, 0.25) is 0 Å². The van der Waals surface area contributed by atoms with Crippen LogP contribution in [0.1, 0.15) is 25.3 Å². The predicted molar refractivity (Wildman–Crippen MR) is 76.9 cm³/mol. The SMILES string of the molecule is CCN(C(=O)NCC1(C(=O)O)CC1)c1cccc(C)c1. The highest BCUT2D eigenvalue weighted by atomic mass is 16.4. The summed E-state index contributed by atoms with van der Waals surface area (Å²) in [6, 6.07) is 7.44. The Labute approximate surface area is 118 Å². The second kappa shape index (κ2) is 5.53. The Morgan fingerprint density at radius 1 is 1.40 bits per heavy atom. The highest BCUT2D eigenvalue weighted by Gasteiger charge is 2.50. The zero-order valence-electron chi connectivity index (χ0n) is 11.8. The van der Waals surface area contributed by atoms with Gasteiger partial charge in [-0.15, -0.1) is 0 Å². The summed E-state index contributed by atoms with van der Waals surface area (Å²) in [5.74, 6) is -0.823. The first-order valence-electron chi connectivity index (χ1n) is 6.84. The van der Waals surface area contributed by atoms with Crippen LogP contribution in [0.25, 0.3) is 0 Å². The van der Waals surface area contributed by atoms with Crippen molar-refractivity contribution in [3.63, 3.8) is 0 Å². The minimum Gasteiger partial charge on any atom is -0.481 e. The summed E-state index contributed by atoms with van der Waals surface area (Å²) < 4.78 is 0. The second-order valence-electron chi connectivity index (χ2n) is 5.33. The molecule has 20 heavy (non-hydrogen) atoms. The van der Waals surface area contributed by atoms with E-state index in [4.69, 9.17) is 5.11 Å². The van der Waals surface area contributed by atoms with Crippen molar-refractivity contribution in [3.05, 3.63) is 29.8 Å². The van der Waals surface area contributed by atoms with E-state index < -0.39 is 11.4 Å². The Balaban J connectivity index is 2.01. The third kappa shape index (κ3) is 2.92. The number of aliphatic carboxylic acids is 1. The van der Waals surface area contributed by atoms with E-state index in [9.17, 15) is 9.59 Å². The van der Waals surface area contributed by atoms with E-state index >= 15 is 0 Å². The number of nitrogens with zero attached hydrogens (tertiary/aromatic N) is 1. The van der Waals surface area contributed by atoms with Crippen molar-refractivity contribution in [1.82, 2.24) is 5.32 Å². The first kappa shape index (κ1) is 14.4. The summed E-state index contributed by atoms with van der Waals surface area (Å²) in [7, 11) is 0. The van der Waals surface area contributed by atoms with Gasteiger partial charge in [-0.3, -0.25) is 9.69 Å². The maximum Gasteiger partial charge on any atom is 0.321 e. The normalized spacial score (nSPS) is 15.5. The first-order chi connectivity index (χ1) is 9.48. The molecule has 1 fully saturated rings. The molecular formula is C15H20N2O3. The van der Waals surface area contributed by atoms with Crippen LogP contribution >= 0.6 is 0 Å². The fraction of sp³-hybridized carbons (Fsp3) is 0.467. The molecule has 0 spiro atoms. The molecule has 0 unspecified atom stereocenters.